The van der Waals surface area contributed by atoms with E-state index in [2.05, 4.69) is 5.48 Å². The third-order valence-electron chi connectivity index (χ3n) is 3.08. The topological polar surface area (TPSA) is 55.4 Å². The van der Waals surface area contributed by atoms with Crippen LogP contribution >= 0.6 is 22.9 Å². The average Bonchev–Trinajstić information content (AvgIpc) is 2.87. The van der Waals surface area contributed by atoms with E-state index >= 15 is 0 Å². The second-order valence-electron chi connectivity index (χ2n) is 4.50. The Morgan fingerprint density at radius 3 is 2.76 bits per heavy atom. The van der Waals surface area contributed by atoms with E-state index in [9.17, 15) is 8.42 Å². The van der Waals surface area contributed by atoms with Gasteiger partial charge in [0.1, 0.15) is 0 Å². The fourth-order valence-electron chi connectivity index (χ4n) is 2.10. The molecule has 0 fully saturated rings. The largest absolute Gasteiger partial charge is 0.317 e. The number of hydroxylamine groups is 1. The molecule has 0 unspecified atom stereocenters. The van der Waals surface area contributed by atoms with Crippen LogP contribution in [0.3, 0.4) is 0 Å². The summed E-state index contributed by atoms with van der Waals surface area (Å²) in [5, 5.41) is 0. The normalized spacial score (nSPS) is 14.4. The summed E-state index contributed by atoms with van der Waals surface area (Å²) in [6.07, 6.45) is 3.64. The number of fused-ring (bicyclic) bond motifs is 1. The molecule has 0 aliphatic heterocycles. The lowest BCUT2D eigenvalue weighted by Crippen LogP contribution is -2.20. The van der Waals surface area contributed by atoms with Gasteiger partial charge in [0.15, 0.2) is 0 Å². The Bertz CT molecular complexity index is 782. The van der Waals surface area contributed by atoms with Gasteiger partial charge in [-0.25, -0.2) is 5.48 Å². The van der Waals surface area contributed by atoms with E-state index in [0.717, 1.165) is 23.3 Å². The smallest absolute Gasteiger partial charge is 0.249 e. The van der Waals surface area contributed by atoms with E-state index in [1.54, 1.807) is 18.2 Å². The van der Waals surface area contributed by atoms with Crippen molar-refractivity contribution in [2.24, 2.45) is 0 Å². The summed E-state index contributed by atoms with van der Waals surface area (Å²) in [4.78, 5) is 1.24. The second-order valence-corrected chi connectivity index (χ2v) is 7.81. The monoisotopic (exact) mass is 341 g/mol. The van der Waals surface area contributed by atoms with Crippen molar-refractivity contribution in [3.05, 3.63) is 57.3 Å². The summed E-state index contributed by atoms with van der Waals surface area (Å²) in [6, 6.07) is 9.83. The molecule has 0 bridgehead atoms. The van der Waals surface area contributed by atoms with E-state index in [0.29, 0.717) is 10.0 Å². The van der Waals surface area contributed by atoms with Crippen molar-refractivity contribution < 1.29 is 12.7 Å². The van der Waals surface area contributed by atoms with Crippen molar-refractivity contribution in [2.45, 2.75) is 17.7 Å². The molecule has 4 nitrogen and oxygen atoms in total. The zero-order valence-electron chi connectivity index (χ0n) is 10.9. The van der Waals surface area contributed by atoms with Crippen LogP contribution in [0.25, 0.3) is 5.70 Å². The van der Waals surface area contributed by atoms with Crippen molar-refractivity contribution in [2.75, 3.05) is 0 Å². The molecule has 1 N–H and O–H groups in total. The van der Waals surface area contributed by atoms with Crippen molar-refractivity contribution in [3.8, 4) is 0 Å². The zero-order valence-corrected chi connectivity index (χ0v) is 13.3. The molecule has 1 aliphatic carbocycles. The van der Waals surface area contributed by atoms with Gasteiger partial charge in [0.05, 0.1) is 14.9 Å². The molecule has 0 spiro atoms. The van der Waals surface area contributed by atoms with Gasteiger partial charge in [-0.15, -0.1) is 15.6 Å². The second kappa shape index (κ2) is 5.81. The number of nitrogens with one attached hydrogen (secondary N) is 1. The molecule has 1 aromatic carbocycles. The van der Waals surface area contributed by atoms with Gasteiger partial charge in [0.2, 0.25) is 0 Å². The highest BCUT2D eigenvalue weighted by Crippen LogP contribution is 2.34. The summed E-state index contributed by atoms with van der Waals surface area (Å²) in [7, 11) is -3.84. The number of hydrogen-bond acceptors (Lipinski definition) is 5. The van der Waals surface area contributed by atoms with Gasteiger partial charge in [-0.3, -0.25) is 0 Å². The summed E-state index contributed by atoms with van der Waals surface area (Å²) in [6.45, 7) is 0. The maximum absolute atomic E-state index is 12.1. The molecule has 0 atom stereocenters. The summed E-state index contributed by atoms with van der Waals surface area (Å²) < 4.78 is 29.7. The van der Waals surface area contributed by atoms with Gasteiger partial charge in [-0.05, 0) is 31.0 Å². The van der Waals surface area contributed by atoms with Crippen molar-refractivity contribution in [1.29, 1.82) is 0 Å². The Morgan fingerprint density at radius 2 is 2.00 bits per heavy atom. The Labute approximate surface area is 132 Å². The lowest BCUT2D eigenvalue weighted by Gasteiger charge is -2.15. The van der Waals surface area contributed by atoms with Gasteiger partial charge in [-0.1, -0.05) is 35.9 Å². The minimum absolute atomic E-state index is 0.109. The number of rotatable bonds is 4. The molecular weight excluding hydrogens is 330 g/mol. The first-order chi connectivity index (χ1) is 10.1. The Balaban J connectivity index is 1.78. The molecule has 0 amide bonds. The first-order valence-electron chi connectivity index (χ1n) is 6.29. The number of allylic oxidation sites excluding steroid dienone is 1. The molecule has 0 radical (unpaired) electrons. The van der Waals surface area contributed by atoms with Crippen LogP contribution in [0.1, 0.15) is 16.9 Å². The minimum atomic E-state index is -3.84. The third kappa shape index (κ3) is 3.13. The van der Waals surface area contributed by atoms with E-state index in [1.807, 2.05) is 12.1 Å². The predicted molar refractivity (Wildman–Crippen MR) is 83.5 cm³/mol. The predicted octanol–water partition coefficient (Wildman–Crippen LogP) is 3.60. The molecule has 1 aliphatic rings. The van der Waals surface area contributed by atoms with Gasteiger partial charge in [-0.2, -0.15) is 8.42 Å². The highest BCUT2D eigenvalue weighted by atomic mass is 35.5. The summed E-state index contributed by atoms with van der Waals surface area (Å²) in [5.74, 6) is 0. The van der Waals surface area contributed by atoms with E-state index in [-0.39, 0.29) is 4.90 Å². The highest BCUT2D eigenvalue weighted by Gasteiger charge is 2.20. The van der Waals surface area contributed by atoms with Crippen LogP contribution in [0.4, 0.5) is 0 Å². The molecular formula is C14H12ClNO3S2. The van der Waals surface area contributed by atoms with Gasteiger partial charge in [0, 0.05) is 10.4 Å². The van der Waals surface area contributed by atoms with Crippen LogP contribution in [-0.4, -0.2) is 8.42 Å². The minimum Gasteiger partial charge on any atom is -0.249 e. The molecule has 1 aromatic heterocycles. The third-order valence-corrected chi connectivity index (χ3v) is 5.56. The Kier molecular flexibility index (Phi) is 4.03. The molecule has 0 saturated heterocycles. The van der Waals surface area contributed by atoms with Crippen molar-refractivity contribution in [1.82, 2.24) is 5.48 Å². The molecule has 2 aromatic rings. The SMILES string of the molecule is O=S(=O)(ONC1=CCCc2sc(Cl)cc21)c1ccccc1. The number of hydrogen-bond donors (Lipinski definition) is 1. The lowest BCUT2D eigenvalue weighted by molar-refractivity contribution is 0.258. The van der Waals surface area contributed by atoms with Crippen LogP contribution in [0.5, 0.6) is 0 Å². The fraction of sp³-hybridized carbons (Fsp3) is 0.143. The van der Waals surface area contributed by atoms with Crippen LogP contribution in [0.15, 0.2) is 47.4 Å². The lowest BCUT2D eigenvalue weighted by atomic mass is 10.0. The number of benzene rings is 1. The first-order valence-corrected chi connectivity index (χ1v) is 8.90. The van der Waals surface area contributed by atoms with Gasteiger partial charge in [0.25, 0.3) is 0 Å². The van der Waals surface area contributed by atoms with Crippen LogP contribution < -0.4 is 5.48 Å². The van der Waals surface area contributed by atoms with Gasteiger partial charge >= 0.3 is 10.1 Å². The molecule has 110 valence electrons. The molecule has 0 saturated carbocycles. The maximum Gasteiger partial charge on any atom is 0.317 e. The van der Waals surface area contributed by atoms with Crippen LogP contribution in [-0.2, 0) is 20.8 Å². The van der Waals surface area contributed by atoms with E-state index in [4.69, 9.17) is 15.9 Å². The fourth-order valence-corrected chi connectivity index (χ4v) is 4.18. The zero-order chi connectivity index (χ0) is 14.9. The quantitative estimate of drug-likeness (QED) is 0.863. The van der Waals surface area contributed by atoms with Crippen molar-refractivity contribution >= 4 is 38.8 Å². The van der Waals surface area contributed by atoms with Crippen LogP contribution in [0, 0.1) is 0 Å². The van der Waals surface area contributed by atoms with Gasteiger partial charge < -0.3 is 0 Å². The molecule has 3 rings (SSSR count). The molecule has 1 heterocycles. The average molecular weight is 342 g/mol. The van der Waals surface area contributed by atoms with E-state index < -0.39 is 10.1 Å². The number of aryl methyl sites for hydroxylation is 1. The number of halogens is 1. The maximum atomic E-state index is 12.1. The standard InChI is InChI=1S/C14H12ClNO3S2/c15-14-9-11-12(7-4-8-13(11)20-14)16-19-21(17,18)10-5-2-1-3-6-10/h1-3,5-7,9,16H,4,8H2. The highest BCUT2D eigenvalue weighted by molar-refractivity contribution is 7.86. The molecule has 21 heavy (non-hydrogen) atoms. The Hall–Kier alpha value is -1.34. The van der Waals surface area contributed by atoms with Crippen molar-refractivity contribution in [3.63, 3.8) is 0 Å². The van der Waals surface area contributed by atoms with Crippen LogP contribution in [0.2, 0.25) is 4.34 Å². The summed E-state index contributed by atoms with van der Waals surface area (Å²) >= 11 is 7.51. The first kappa shape index (κ1) is 14.6. The molecule has 7 heteroatoms. The summed E-state index contributed by atoms with van der Waals surface area (Å²) in [5.41, 5.74) is 4.09. The van der Waals surface area contributed by atoms with E-state index in [1.165, 1.54) is 23.5 Å². The number of thiophene rings is 1. The Morgan fingerprint density at radius 1 is 1.24 bits per heavy atom.